The van der Waals surface area contributed by atoms with E-state index in [1.807, 2.05) is 34.6 Å². The van der Waals surface area contributed by atoms with E-state index in [1.165, 1.54) is 0 Å². The van der Waals surface area contributed by atoms with Crippen molar-refractivity contribution in [1.29, 1.82) is 0 Å². The van der Waals surface area contributed by atoms with E-state index in [2.05, 4.69) is 14.9 Å². The fourth-order valence-electron chi connectivity index (χ4n) is 1.36. The lowest BCUT2D eigenvalue weighted by Crippen LogP contribution is -2.21. The number of nitrogens with one attached hydrogen (secondary N) is 2. The predicted molar refractivity (Wildman–Crippen MR) is 75.8 cm³/mol. The number of nitrogens with zero attached hydrogens (tertiary/aromatic N) is 1. The summed E-state index contributed by atoms with van der Waals surface area (Å²) < 4.78 is 31.3. The first-order valence-corrected chi connectivity index (χ1v) is 7.93. The van der Waals surface area contributed by atoms with Gasteiger partial charge in [0.15, 0.2) is 5.82 Å². The molecule has 19 heavy (non-hydrogen) atoms. The molecule has 110 valence electrons. The van der Waals surface area contributed by atoms with E-state index in [4.69, 9.17) is 4.74 Å². The third-order valence-electron chi connectivity index (χ3n) is 2.45. The van der Waals surface area contributed by atoms with Gasteiger partial charge in [0, 0.05) is 17.2 Å². The number of aromatic nitrogens is 2. The monoisotopic (exact) mass is 289 g/mol. The van der Waals surface area contributed by atoms with Gasteiger partial charge >= 0.3 is 0 Å². The van der Waals surface area contributed by atoms with Gasteiger partial charge in [0.05, 0.1) is 18.5 Å². The van der Waals surface area contributed by atoms with Crippen molar-refractivity contribution >= 4 is 15.8 Å². The summed E-state index contributed by atoms with van der Waals surface area (Å²) in [6.07, 6.45) is 0.0214. The highest BCUT2D eigenvalue weighted by atomic mass is 32.2. The van der Waals surface area contributed by atoms with Crippen LogP contribution in [0.5, 0.6) is 0 Å². The Kier molecular flexibility index (Phi) is 4.98. The first-order chi connectivity index (χ1) is 8.60. The zero-order chi connectivity index (χ0) is 14.7. The Labute approximate surface area is 115 Å². The van der Waals surface area contributed by atoms with E-state index >= 15 is 0 Å². The van der Waals surface area contributed by atoms with Crippen LogP contribution in [0.4, 0.5) is 5.82 Å². The lowest BCUT2D eigenvalue weighted by Gasteiger charge is -2.14. The Morgan fingerprint density at radius 2 is 2.05 bits per heavy atom. The second-order valence-electron chi connectivity index (χ2n) is 5.76. The molecule has 0 unspecified atom stereocenters. The lowest BCUT2D eigenvalue weighted by molar-refractivity contribution is 0.0913. The van der Waals surface area contributed by atoms with Gasteiger partial charge < -0.3 is 4.74 Å². The summed E-state index contributed by atoms with van der Waals surface area (Å²) in [5.74, 6) is 0.234. The number of ether oxygens (including phenoxy) is 1. The van der Waals surface area contributed by atoms with Gasteiger partial charge in [0.1, 0.15) is 0 Å². The van der Waals surface area contributed by atoms with Gasteiger partial charge in [-0.25, -0.2) is 8.42 Å². The minimum atomic E-state index is -3.42. The average molecular weight is 289 g/mol. The summed E-state index contributed by atoms with van der Waals surface area (Å²) >= 11 is 0. The molecule has 6 nitrogen and oxygen atoms in total. The van der Waals surface area contributed by atoms with E-state index in [-0.39, 0.29) is 23.9 Å². The number of aromatic amines is 1. The summed E-state index contributed by atoms with van der Waals surface area (Å²) in [5.41, 5.74) is 0.779. The van der Waals surface area contributed by atoms with Crippen LogP contribution in [0.25, 0.3) is 0 Å². The van der Waals surface area contributed by atoms with Crippen LogP contribution in [0, 0.1) is 0 Å². The van der Waals surface area contributed by atoms with Crippen molar-refractivity contribution in [2.45, 2.75) is 46.1 Å². The number of hydrogen-bond acceptors (Lipinski definition) is 4. The molecule has 0 saturated carbocycles. The molecule has 0 radical (unpaired) electrons. The molecule has 1 rings (SSSR count). The molecule has 0 aliphatic heterocycles. The predicted octanol–water partition coefficient (Wildman–Crippen LogP) is 1.87. The van der Waals surface area contributed by atoms with Crippen molar-refractivity contribution in [2.75, 3.05) is 17.1 Å². The molecule has 0 spiro atoms. The van der Waals surface area contributed by atoms with E-state index in [0.717, 1.165) is 5.69 Å². The van der Waals surface area contributed by atoms with Crippen LogP contribution in [0.3, 0.4) is 0 Å². The van der Waals surface area contributed by atoms with Crippen LogP contribution in [-0.2, 0) is 20.2 Å². The maximum Gasteiger partial charge on any atom is 0.236 e. The molecule has 1 aromatic heterocycles. The first kappa shape index (κ1) is 16.0. The molecule has 0 aliphatic carbocycles. The number of H-pyrrole nitrogens is 1. The molecule has 0 aliphatic rings. The highest BCUT2D eigenvalue weighted by Crippen LogP contribution is 2.22. The van der Waals surface area contributed by atoms with Crippen LogP contribution >= 0.6 is 0 Å². The van der Waals surface area contributed by atoms with Crippen molar-refractivity contribution in [3.63, 3.8) is 0 Å². The largest absolute Gasteiger partial charge is 0.378 e. The van der Waals surface area contributed by atoms with Crippen molar-refractivity contribution in [3.8, 4) is 0 Å². The molecule has 0 saturated heterocycles. The molecule has 0 aromatic carbocycles. The Morgan fingerprint density at radius 1 is 1.42 bits per heavy atom. The molecule has 0 amide bonds. The van der Waals surface area contributed by atoms with E-state index in [1.54, 1.807) is 6.07 Å². The number of anilines is 1. The summed E-state index contributed by atoms with van der Waals surface area (Å²) in [7, 11) is -3.42. The summed E-state index contributed by atoms with van der Waals surface area (Å²) in [5, 5.41) is 6.79. The summed E-state index contributed by atoms with van der Waals surface area (Å²) in [4.78, 5) is 0. The molecule has 0 fully saturated rings. The number of sulfonamides is 1. The molecular formula is C12H23N3O3S. The van der Waals surface area contributed by atoms with Gasteiger partial charge in [-0.1, -0.05) is 20.8 Å². The maximum absolute atomic E-state index is 11.8. The normalized spacial score (nSPS) is 12.9. The zero-order valence-corrected chi connectivity index (χ0v) is 13.0. The SMILES string of the molecule is CC(C)OCCS(=O)(=O)Nc1cc(C(C)(C)C)[nH]n1. The Bertz CT molecular complexity index is 501. The Morgan fingerprint density at radius 3 is 2.53 bits per heavy atom. The van der Waals surface area contributed by atoms with Gasteiger partial charge in [0.2, 0.25) is 10.0 Å². The standard InChI is InChI=1S/C12H23N3O3S/c1-9(2)18-6-7-19(16,17)15-11-8-10(13-14-11)12(3,4)5/h8-9H,6-7H2,1-5H3,(H2,13,14,15). The molecule has 1 heterocycles. The molecule has 0 bridgehead atoms. The van der Waals surface area contributed by atoms with Crippen molar-refractivity contribution in [2.24, 2.45) is 0 Å². The smallest absolute Gasteiger partial charge is 0.236 e. The van der Waals surface area contributed by atoms with Crippen molar-refractivity contribution in [3.05, 3.63) is 11.8 Å². The average Bonchev–Trinajstić information content (AvgIpc) is 2.63. The van der Waals surface area contributed by atoms with Gasteiger partial charge in [-0.2, -0.15) is 5.10 Å². The molecule has 1 aromatic rings. The van der Waals surface area contributed by atoms with Gasteiger partial charge in [-0.05, 0) is 13.8 Å². The van der Waals surface area contributed by atoms with Gasteiger partial charge in [-0.3, -0.25) is 9.82 Å². The maximum atomic E-state index is 11.8. The Hall–Kier alpha value is -1.08. The van der Waals surface area contributed by atoms with Gasteiger partial charge in [0.25, 0.3) is 0 Å². The minimum absolute atomic E-state index is 0.0214. The molecular weight excluding hydrogens is 266 g/mol. The Balaban J connectivity index is 2.61. The van der Waals surface area contributed by atoms with Crippen molar-refractivity contribution in [1.82, 2.24) is 10.2 Å². The van der Waals surface area contributed by atoms with Gasteiger partial charge in [-0.15, -0.1) is 0 Å². The fourth-order valence-corrected chi connectivity index (χ4v) is 2.20. The molecule has 7 heteroatoms. The van der Waals surface area contributed by atoms with Crippen LogP contribution in [-0.4, -0.2) is 37.1 Å². The molecule has 0 atom stereocenters. The van der Waals surface area contributed by atoms with E-state index in [9.17, 15) is 8.42 Å². The quantitative estimate of drug-likeness (QED) is 0.837. The summed E-state index contributed by atoms with van der Waals surface area (Å²) in [6.45, 7) is 9.97. The lowest BCUT2D eigenvalue weighted by atomic mass is 9.92. The minimum Gasteiger partial charge on any atom is -0.378 e. The zero-order valence-electron chi connectivity index (χ0n) is 12.1. The third kappa shape index (κ3) is 5.61. The van der Waals surface area contributed by atoms with Crippen LogP contribution in [0.2, 0.25) is 0 Å². The van der Waals surface area contributed by atoms with Crippen LogP contribution < -0.4 is 4.72 Å². The van der Waals surface area contributed by atoms with Crippen LogP contribution in [0.15, 0.2) is 6.07 Å². The van der Waals surface area contributed by atoms with E-state index in [0.29, 0.717) is 5.82 Å². The second-order valence-corrected chi connectivity index (χ2v) is 7.60. The van der Waals surface area contributed by atoms with Crippen LogP contribution in [0.1, 0.15) is 40.3 Å². The van der Waals surface area contributed by atoms with Crippen molar-refractivity contribution < 1.29 is 13.2 Å². The fraction of sp³-hybridized carbons (Fsp3) is 0.750. The first-order valence-electron chi connectivity index (χ1n) is 6.28. The summed E-state index contributed by atoms with van der Waals surface area (Å²) in [6, 6.07) is 1.71. The highest BCUT2D eigenvalue weighted by Gasteiger charge is 2.19. The van der Waals surface area contributed by atoms with E-state index < -0.39 is 10.0 Å². The number of hydrogen-bond donors (Lipinski definition) is 2. The highest BCUT2D eigenvalue weighted by molar-refractivity contribution is 7.92. The second kappa shape index (κ2) is 5.92. The topological polar surface area (TPSA) is 84.1 Å². The number of rotatable bonds is 6. The third-order valence-corrected chi connectivity index (χ3v) is 3.67. The molecule has 2 N–H and O–H groups in total.